The molecule has 3 N–H and O–H groups in total. The predicted molar refractivity (Wildman–Crippen MR) is 47.5 cm³/mol. The third-order valence-corrected chi connectivity index (χ3v) is 2.32. The van der Waals surface area contributed by atoms with E-state index >= 15 is 0 Å². The van der Waals surface area contributed by atoms with Crippen LogP contribution in [0.3, 0.4) is 0 Å². The molecule has 0 atom stereocenters. The van der Waals surface area contributed by atoms with Crippen molar-refractivity contribution in [3.05, 3.63) is 29.1 Å². The zero-order valence-electron chi connectivity index (χ0n) is 7.01. The Morgan fingerprint density at radius 2 is 2.42 bits per heavy atom. The second-order valence-corrected chi connectivity index (χ2v) is 3.07. The number of hydrogen-bond acceptors (Lipinski definition) is 3. The molecule has 0 saturated carbocycles. The number of fused-ring (bicyclic) bond motifs is 1. The van der Waals surface area contributed by atoms with Crippen LogP contribution >= 0.6 is 0 Å². The molecular weight excluding hydrogens is 150 g/mol. The fourth-order valence-corrected chi connectivity index (χ4v) is 1.67. The molecule has 1 aromatic rings. The molecule has 2 rings (SSSR count). The van der Waals surface area contributed by atoms with E-state index < -0.39 is 0 Å². The van der Waals surface area contributed by atoms with E-state index in [9.17, 15) is 0 Å². The van der Waals surface area contributed by atoms with Gasteiger partial charge in [0.2, 0.25) is 0 Å². The van der Waals surface area contributed by atoms with Crippen LogP contribution in [0.25, 0.3) is 0 Å². The first kappa shape index (κ1) is 7.71. The van der Waals surface area contributed by atoms with E-state index in [1.54, 1.807) is 0 Å². The molecule has 2 heterocycles. The molecule has 0 amide bonds. The van der Waals surface area contributed by atoms with Crippen LogP contribution < -0.4 is 11.1 Å². The van der Waals surface area contributed by atoms with Crippen molar-refractivity contribution in [1.82, 2.24) is 10.3 Å². The van der Waals surface area contributed by atoms with Gasteiger partial charge in [0.05, 0.1) is 0 Å². The number of rotatable bonds is 1. The summed E-state index contributed by atoms with van der Waals surface area (Å²) in [6.07, 6.45) is 4.90. The molecule has 1 aliphatic rings. The minimum atomic E-state index is 0.607. The first-order valence-corrected chi connectivity index (χ1v) is 4.27. The van der Waals surface area contributed by atoms with E-state index in [0.717, 1.165) is 19.5 Å². The summed E-state index contributed by atoms with van der Waals surface area (Å²) >= 11 is 0. The summed E-state index contributed by atoms with van der Waals surface area (Å²) in [7, 11) is 0. The summed E-state index contributed by atoms with van der Waals surface area (Å²) in [5.74, 6) is 0. The second-order valence-electron chi connectivity index (χ2n) is 3.07. The molecule has 0 saturated heterocycles. The number of nitrogens with two attached hydrogens (primary N) is 1. The standard InChI is InChI=1S/C9H13N3/c10-3-7-4-12-6-8-5-11-2-1-9(7)8/h4,6,11H,1-3,5,10H2. The van der Waals surface area contributed by atoms with E-state index in [1.165, 1.54) is 16.7 Å². The minimum Gasteiger partial charge on any atom is -0.326 e. The SMILES string of the molecule is NCc1cncc2c1CCNC2. The Kier molecular flexibility index (Phi) is 2.06. The van der Waals surface area contributed by atoms with Crippen molar-refractivity contribution in [2.24, 2.45) is 5.73 Å². The van der Waals surface area contributed by atoms with Crippen LogP contribution in [0, 0.1) is 0 Å². The summed E-state index contributed by atoms with van der Waals surface area (Å²) in [4.78, 5) is 4.15. The molecule has 1 aliphatic heterocycles. The van der Waals surface area contributed by atoms with Gasteiger partial charge in [-0.2, -0.15) is 0 Å². The monoisotopic (exact) mass is 163 g/mol. The molecule has 3 heteroatoms. The first-order chi connectivity index (χ1) is 5.92. The summed E-state index contributed by atoms with van der Waals surface area (Å²) in [5, 5.41) is 3.31. The Bertz CT molecular complexity index is 269. The van der Waals surface area contributed by atoms with Gasteiger partial charge in [-0.25, -0.2) is 0 Å². The molecule has 12 heavy (non-hydrogen) atoms. The van der Waals surface area contributed by atoms with Gasteiger partial charge in [0.25, 0.3) is 0 Å². The minimum absolute atomic E-state index is 0.607. The van der Waals surface area contributed by atoms with E-state index in [-0.39, 0.29) is 0 Å². The Hall–Kier alpha value is -0.930. The zero-order valence-corrected chi connectivity index (χ0v) is 7.01. The van der Waals surface area contributed by atoms with Crippen molar-refractivity contribution >= 4 is 0 Å². The van der Waals surface area contributed by atoms with Gasteiger partial charge >= 0.3 is 0 Å². The maximum absolute atomic E-state index is 5.61. The Labute approximate surface area is 72.0 Å². The van der Waals surface area contributed by atoms with Crippen molar-refractivity contribution in [2.45, 2.75) is 19.5 Å². The fraction of sp³-hybridized carbons (Fsp3) is 0.444. The molecule has 0 aliphatic carbocycles. The van der Waals surface area contributed by atoms with Gasteiger partial charge in [-0.3, -0.25) is 4.98 Å². The lowest BCUT2D eigenvalue weighted by atomic mass is 9.98. The molecule has 1 aromatic heterocycles. The molecule has 0 radical (unpaired) electrons. The third kappa shape index (κ3) is 1.21. The van der Waals surface area contributed by atoms with Crippen LogP contribution in [0.5, 0.6) is 0 Å². The molecule has 0 spiro atoms. The van der Waals surface area contributed by atoms with E-state index in [1.807, 2.05) is 12.4 Å². The maximum atomic E-state index is 5.61. The van der Waals surface area contributed by atoms with Gasteiger partial charge in [-0.1, -0.05) is 0 Å². The lowest BCUT2D eigenvalue weighted by Gasteiger charge is -2.18. The highest BCUT2D eigenvalue weighted by atomic mass is 14.9. The molecule has 3 nitrogen and oxygen atoms in total. The second kappa shape index (κ2) is 3.21. The highest BCUT2D eigenvalue weighted by Crippen LogP contribution is 2.16. The van der Waals surface area contributed by atoms with Crippen LogP contribution in [-0.2, 0) is 19.5 Å². The van der Waals surface area contributed by atoms with Crippen molar-refractivity contribution in [3.8, 4) is 0 Å². The van der Waals surface area contributed by atoms with Crippen LogP contribution in [0.15, 0.2) is 12.4 Å². The molecule has 0 fully saturated rings. The Morgan fingerprint density at radius 3 is 3.25 bits per heavy atom. The lowest BCUT2D eigenvalue weighted by Crippen LogP contribution is -2.25. The largest absolute Gasteiger partial charge is 0.326 e. The number of pyridine rings is 1. The van der Waals surface area contributed by atoms with Gasteiger partial charge in [0.1, 0.15) is 0 Å². The smallest absolute Gasteiger partial charge is 0.0315 e. The van der Waals surface area contributed by atoms with Crippen LogP contribution in [0.2, 0.25) is 0 Å². The van der Waals surface area contributed by atoms with Crippen molar-refractivity contribution in [2.75, 3.05) is 6.54 Å². The number of hydrogen-bond donors (Lipinski definition) is 2. The van der Waals surface area contributed by atoms with Crippen molar-refractivity contribution in [3.63, 3.8) is 0 Å². The van der Waals surface area contributed by atoms with Gasteiger partial charge < -0.3 is 11.1 Å². The molecule has 0 bridgehead atoms. The maximum Gasteiger partial charge on any atom is 0.0315 e. The Balaban J connectivity index is 2.44. The normalized spacial score (nSPS) is 15.8. The fourth-order valence-electron chi connectivity index (χ4n) is 1.67. The van der Waals surface area contributed by atoms with Gasteiger partial charge in [-0.05, 0) is 29.7 Å². The molecule has 0 aromatic carbocycles. The summed E-state index contributed by atoms with van der Waals surface area (Å²) in [6, 6.07) is 0. The van der Waals surface area contributed by atoms with Gasteiger partial charge in [0.15, 0.2) is 0 Å². The highest BCUT2D eigenvalue weighted by molar-refractivity contribution is 5.33. The van der Waals surface area contributed by atoms with Crippen LogP contribution in [0.4, 0.5) is 0 Å². The van der Waals surface area contributed by atoms with E-state index in [2.05, 4.69) is 10.3 Å². The zero-order chi connectivity index (χ0) is 8.39. The quantitative estimate of drug-likeness (QED) is 0.621. The van der Waals surface area contributed by atoms with Gasteiger partial charge in [0, 0.05) is 25.5 Å². The van der Waals surface area contributed by atoms with Crippen LogP contribution in [0.1, 0.15) is 16.7 Å². The van der Waals surface area contributed by atoms with Crippen LogP contribution in [-0.4, -0.2) is 11.5 Å². The average Bonchev–Trinajstić information content (AvgIpc) is 2.17. The van der Waals surface area contributed by atoms with Gasteiger partial charge in [-0.15, -0.1) is 0 Å². The number of nitrogens with zero attached hydrogens (tertiary/aromatic N) is 1. The summed E-state index contributed by atoms with van der Waals surface area (Å²) in [6.45, 7) is 2.61. The molecule has 64 valence electrons. The summed E-state index contributed by atoms with van der Waals surface area (Å²) < 4.78 is 0. The van der Waals surface area contributed by atoms with Crippen molar-refractivity contribution < 1.29 is 0 Å². The number of aromatic nitrogens is 1. The topological polar surface area (TPSA) is 50.9 Å². The first-order valence-electron chi connectivity index (χ1n) is 4.27. The predicted octanol–water partition coefficient (Wildman–Crippen LogP) is 0.186. The Morgan fingerprint density at radius 1 is 1.50 bits per heavy atom. The molecular formula is C9H13N3. The number of nitrogens with one attached hydrogen (secondary N) is 1. The lowest BCUT2D eigenvalue weighted by molar-refractivity contribution is 0.635. The summed E-state index contributed by atoms with van der Waals surface area (Å²) in [5.41, 5.74) is 9.53. The molecule has 0 unspecified atom stereocenters. The highest BCUT2D eigenvalue weighted by Gasteiger charge is 2.11. The average molecular weight is 163 g/mol. The third-order valence-electron chi connectivity index (χ3n) is 2.32. The van der Waals surface area contributed by atoms with Crippen molar-refractivity contribution in [1.29, 1.82) is 0 Å². The van der Waals surface area contributed by atoms with E-state index in [0.29, 0.717) is 6.54 Å². The van der Waals surface area contributed by atoms with E-state index in [4.69, 9.17) is 5.73 Å².